The van der Waals surface area contributed by atoms with Crippen LogP contribution >= 0.6 is 11.6 Å². The molecule has 0 aromatic carbocycles. The van der Waals surface area contributed by atoms with E-state index in [1.165, 1.54) is 19.3 Å². The zero-order valence-electron chi connectivity index (χ0n) is 10.4. The largest absolute Gasteiger partial charge is 0.474 e. The van der Waals surface area contributed by atoms with Gasteiger partial charge in [0, 0.05) is 11.8 Å². The third-order valence-corrected chi connectivity index (χ3v) is 3.67. The smallest absolute Gasteiger partial charge is 0.225 e. The molecule has 2 atom stereocenters. The molecule has 1 aromatic heterocycles. The Labute approximate surface area is 108 Å². The van der Waals surface area contributed by atoms with Crippen LogP contribution in [0.1, 0.15) is 44.6 Å². The highest BCUT2D eigenvalue weighted by molar-refractivity contribution is 6.28. The number of rotatable bonds is 3. The van der Waals surface area contributed by atoms with Gasteiger partial charge in [0.25, 0.3) is 0 Å². The second-order valence-electron chi connectivity index (χ2n) is 4.81. The Bertz CT molecular complexity index is 384. The van der Waals surface area contributed by atoms with Gasteiger partial charge in [0.05, 0.1) is 0 Å². The van der Waals surface area contributed by atoms with E-state index < -0.39 is 0 Å². The first-order valence-electron chi connectivity index (χ1n) is 6.34. The van der Waals surface area contributed by atoms with Crippen molar-refractivity contribution in [3.63, 3.8) is 0 Å². The number of aromatic nitrogens is 2. The lowest BCUT2D eigenvalue weighted by Gasteiger charge is -2.28. The van der Waals surface area contributed by atoms with Gasteiger partial charge in [-0.25, -0.2) is 4.98 Å². The van der Waals surface area contributed by atoms with Crippen LogP contribution in [0.4, 0.5) is 0 Å². The molecule has 1 heterocycles. The van der Waals surface area contributed by atoms with E-state index in [1.54, 1.807) is 6.20 Å². The number of hydrogen-bond donors (Lipinski definition) is 0. The summed E-state index contributed by atoms with van der Waals surface area (Å²) in [6, 6.07) is 0. The average Bonchev–Trinajstić information content (AvgIpc) is 2.34. The van der Waals surface area contributed by atoms with Crippen molar-refractivity contribution in [3.8, 4) is 5.88 Å². The lowest BCUT2D eigenvalue weighted by atomic mass is 9.85. The van der Waals surface area contributed by atoms with E-state index in [1.807, 2.05) is 6.92 Å². The maximum atomic E-state index is 5.96. The molecular weight excluding hydrogens is 236 g/mol. The van der Waals surface area contributed by atoms with E-state index >= 15 is 0 Å². The predicted octanol–water partition coefficient (Wildman–Crippen LogP) is 3.79. The van der Waals surface area contributed by atoms with Crippen LogP contribution in [-0.4, -0.2) is 16.1 Å². The second kappa shape index (κ2) is 5.67. The number of aryl methyl sites for hydroxylation is 1. The molecule has 2 unspecified atom stereocenters. The fraction of sp³-hybridized carbons (Fsp3) is 0.692. The molecule has 3 nitrogen and oxygen atoms in total. The molecule has 0 radical (unpaired) electrons. The Kier molecular flexibility index (Phi) is 4.21. The van der Waals surface area contributed by atoms with E-state index in [-0.39, 0.29) is 5.28 Å². The van der Waals surface area contributed by atoms with E-state index in [9.17, 15) is 0 Å². The molecule has 0 N–H and O–H groups in total. The average molecular weight is 255 g/mol. The quantitative estimate of drug-likeness (QED) is 0.770. The maximum absolute atomic E-state index is 5.96. The summed E-state index contributed by atoms with van der Waals surface area (Å²) in [6.07, 6.45) is 8.09. The van der Waals surface area contributed by atoms with Gasteiger partial charge in [-0.05, 0) is 43.7 Å². The number of ether oxygens (including phenoxy) is 1. The highest BCUT2D eigenvalue weighted by Crippen LogP contribution is 2.30. The monoisotopic (exact) mass is 254 g/mol. The summed E-state index contributed by atoms with van der Waals surface area (Å²) in [5, 5.41) is 0.258. The van der Waals surface area contributed by atoms with Crippen molar-refractivity contribution in [3.05, 3.63) is 17.0 Å². The zero-order chi connectivity index (χ0) is 12.3. The molecule has 0 saturated heterocycles. The Hall–Kier alpha value is -0.830. The Balaban J connectivity index is 2.02. The highest BCUT2D eigenvalue weighted by Gasteiger charge is 2.23. The van der Waals surface area contributed by atoms with Crippen molar-refractivity contribution in [2.45, 2.75) is 52.1 Å². The third-order valence-electron chi connectivity index (χ3n) is 3.49. The summed E-state index contributed by atoms with van der Waals surface area (Å²) in [7, 11) is 0. The number of hydrogen-bond acceptors (Lipinski definition) is 3. The van der Waals surface area contributed by atoms with Crippen LogP contribution in [0.2, 0.25) is 5.28 Å². The summed E-state index contributed by atoms with van der Waals surface area (Å²) >= 11 is 5.79. The van der Waals surface area contributed by atoms with Gasteiger partial charge in [-0.3, -0.25) is 0 Å². The van der Waals surface area contributed by atoms with Crippen LogP contribution < -0.4 is 4.74 Å². The summed E-state index contributed by atoms with van der Waals surface area (Å²) in [5.41, 5.74) is 0.952. The summed E-state index contributed by atoms with van der Waals surface area (Å²) in [6.45, 7) is 4.20. The first kappa shape index (κ1) is 12.6. The first-order chi connectivity index (χ1) is 8.19. The molecule has 94 valence electrons. The highest BCUT2D eigenvalue weighted by atomic mass is 35.5. The van der Waals surface area contributed by atoms with Crippen LogP contribution in [0.5, 0.6) is 5.88 Å². The molecule has 1 saturated carbocycles. The van der Waals surface area contributed by atoms with Crippen LogP contribution in [0, 0.1) is 12.8 Å². The molecule has 1 fully saturated rings. The van der Waals surface area contributed by atoms with Crippen LogP contribution in [0.15, 0.2) is 6.20 Å². The molecule has 2 rings (SSSR count). The Morgan fingerprint density at radius 3 is 3.06 bits per heavy atom. The molecule has 4 heteroatoms. The molecule has 1 aliphatic rings. The molecule has 17 heavy (non-hydrogen) atoms. The van der Waals surface area contributed by atoms with Gasteiger partial charge in [-0.15, -0.1) is 0 Å². The Morgan fingerprint density at radius 1 is 1.47 bits per heavy atom. The van der Waals surface area contributed by atoms with Gasteiger partial charge in [-0.1, -0.05) is 19.8 Å². The molecule has 1 aliphatic carbocycles. The first-order valence-corrected chi connectivity index (χ1v) is 6.72. The molecular formula is C13H19ClN2O. The molecule has 0 spiro atoms. The topological polar surface area (TPSA) is 35.0 Å². The maximum Gasteiger partial charge on any atom is 0.225 e. The predicted molar refractivity (Wildman–Crippen MR) is 68.4 cm³/mol. The summed E-state index contributed by atoms with van der Waals surface area (Å²) < 4.78 is 5.96. The molecule has 0 bridgehead atoms. The van der Waals surface area contributed by atoms with Crippen LogP contribution in [0.25, 0.3) is 0 Å². The van der Waals surface area contributed by atoms with Crippen molar-refractivity contribution in [1.82, 2.24) is 9.97 Å². The van der Waals surface area contributed by atoms with E-state index in [2.05, 4.69) is 16.9 Å². The normalized spacial score (nSPS) is 24.6. The Morgan fingerprint density at radius 2 is 2.29 bits per heavy atom. The molecule has 0 amide bonds. The van der Waals surface area contributed by atoms with E-state index in [0.29, 0.717) is 12.0 Å². The second-order valence-corrected chi connectivity index (χ2v) is 5.15. The fourth-order valence-electron chi connectivity index (χ4n) is 2.40. The fourth-order valence-corrected chi connectivity index (χ4v) is 2.53. The summed E-state index contributed by atoms with van der Waals surface area (Å²) in [5.74, 6) is 1.44. The summed E-state index contributed by atoms with van der Waals surface area (Å²) in [4.78, 5) is 8.09. The van der Waals surface area contributed by atoms with Gasteiger partial charge >= 0.3 is 0 Å². The van der Waals surface area contributed by atoms with Crippen molar-refractivity contribution in [2.75, 3.05) is 0 Å². The van der Waals surface area contributed by atoms with E-state index in [4.69, 9.17) is 16.3 Å². The van der Waals surface area contributed by atoms with Crippen LogP contribution in [0.3, 0.4) is 0 Å². The van der Waals surface area contributed by atoms with Crippen molar-refractivity contribution in [2.24, 2.45) is 5.92 Å². The minimum absolute atomic E-state index is 0.258. The van der Waals surface area contributed by atoms with Gasteiger partial charge in [-0.2, -0.15) is 4.98 Å². The SMILES string of the molecule is CCC1CCCC(Oc2nc(Cl)ncc2C)C1. The van der Waals surface area contributed by atoms with Gasteiger partial charge in [0.1, 0.15) is 6.10 Å². The van der Waals surface area contributed by atoms with Crippen molar-refractivity contribution < 1.29 is 4.74 Å². The van der Waals surface area contributed by atoms with E-state index in [0.717, 1.165) is 24.3 Å². The third kappa shape index (κ3) is 3.32. The molecule has 0 aliphatic heterocycles. The number of nitrogens with zero attached hydrogens (tertiary/aromatic N) is 2. The molecule has 1 aromatic rings. The van der Waals surface area contributed by atoms with Crippen molar-refractivity contribution >= 4 is 11.6 Å². The van der Waals surface area contributed by atoms with Gasteiger partial charge in [0.2, 0.25) is 11.2 Å². The minimum atomic E-state index is 0.258. The van der Waals surface area contributed by atoms with Crippen molar-refractivity contribution in [1.29, 1.82) is 0 Å². The standard InChI is InChI=1S/C13H19ClN2O/c1-3-10-5-4-6-11(7-10)17-12-9(2)8-15-13(14)16-12/h8,10-11H,3-7H2,1-2H3. The lowest BCUT2D eigenvalue weighted by molar-refractivity contribution is 0.116. The van der Waals surface area contributed by atoms with Gasteiger partial charge in [0.15, 0.2) is 0 Å². The number of halogens is 1. The lowest BCUT2D eigenvalue weighted by Crippen LogP contribution is -2.25. The van der Waals surface area contributed by atoms with Crippen LogP contribution in [-0.2, 0) is 0 Å². The zero-order valence-corrected chi connectivity index (χ0v) is 11.2. The van der Waals surface area contributed by atoms with Gasteiger partial charge < -0.3 is 4.74 Å². The minimum Gasteiger partial charge on any atom is -0.474 e.